The first-order chi connectivity index (χ1) is 17.3. The molecule has 0 radical (unpaired) electrons. The van der Waals surface area contributed by atoms with E-state index in [-0.39, 0.29) is 4.90 Å². The Labute approximate surface area is 218 Å². The summed E-state index contributed by atoms with van der Waals surface area (Å²) in [4.78, 5) is 18.1. The fourth-order valence-corrected chi connectivity index (χ4v) is 7.29. The SMILES string of the molecule is C=CCn1c(=NC(=O)c2ccc(S(=O)(=O)N3CCCc4ccccc43)cc2)sc2ccc(Cl)c(C)c21. The fourth-order valence-electron chi connectivity index (χ4n) is 4.50. The van der Waals surface area contributed by atoms with E-state index < -0.39 is 15.9 Å². The monoisotopic (exact) mass is 537 g/mol. The van der Waals surface area contributed by atoms with E-state index in [0.29, 0.717) is 34.2 Å². The number of carbonyl (C=O) groups is 1. The molecule has 3 aromatic carbocycles. The van der Waals surface area contributed by atoms with Crippen LogP contribution in [0, 0.1) is 6.92 Å². The molecule has 0 unspecified atom stereocenters. The molecule has 0 bridgehead atoms. The van der Waals surface area contributed by atoms with Crippen LogP contribution in [0.2, 0.25) is 5.02 Å². The average Bonchev–Trinajstić information content (AvgIpc) is 3.23. The van der Waals surface area contributed by atoms with Crippen LogP contribution in [-0.2, 0) is 23.0 Å². The van der Waals surface area contributed by atoms with E-state index in [0.717, 1.165) is 34.2 Å². The van der Waals surface area contributed by atoms with Crippen molar-refractivity contribution < 1.29 is 13.2 Å². The number of carbonyl (C=O) groups excluding carboxylic acids is 1. The van der Waals surface area contributed by atoms with Crippen LogP contribution < -0.4 is 9.11 Å². The molecule has 1 amide bonds. The minimum atomic E-state index is -3.75. The maximum absolute atomic E-state index is 13.4. The summed E-state index contributed by atoms with van der Waals surface area (Å²) in [5, 5.41) is 0.643. The Kier molecular flexibility index (Phi) is 6.59. The van der Waals surface area contributed by atoms with Gasteiger partial charge in [0.15, 0.2) is 4.80 Å². The van der Waals surface area contributed by atoms with E-state index in [1.165, 1.54) is 39.9 Å². The predicted molar refractivity (Wildman–Crippen MR) is 145 cm³/mol. The first kappa shape index (κ1) is 24.5. The molecule has 0 saturated heterocycles. The number of aromatic nitrogens is 1. The van der Waals surface area contributed by atoms with Crippen LogP contribution in [0.1, 0.15) is 27.9 Å². The van der Waals surface area contributed by atoms with Gasteiger partial charge in [-0.15, -0.1) is 6.58 Å². The van der Waals surface area contributed by atoms with Gasteiger partial charge in [-0.05, 0) is 73.4 Å². The zero-order valence-corrected chi connectivity index (χ0v) is 22.0. The number of para-hydroxylation sites is 1. The van der Waals surface area contributed by atoms with Gasteiger partial charge < -0.3 is 4.57 Å². The molecule has 1 aliphatic rings. The number of rotatable bonds is 5. The molecule has 4 aromatic rings. The van der Waals surface area contributed by atoms with Crippen LogP contribution in [0.25, 0.3) is 10.2 Å². The Balaban J connectivity index is 1.49. The Bertz CT molecular complexity index is 1670. The van der Waals surface area contributed by atoms with E-state index in [4.69, 9.17) is 11.6 Å². The lowest BCUT2D eigenvalue weighted by atomic mass is 10.0. The van der Waals surface area contributed by atoms with Crippen molar-refractivity contribution in [2.75, 3.05) is 10.8 Å². The third-order valence-corrected chi connectivity index (χ3v) is 9.58. The molecule has 9 heteroatoms. The quantitative estimate of drug-likeness (QED) is 0.305. The van der Waals surface area contributed by atoms with E-state index in [9.17, 15) is 13.2 Å². The molecule has 0 saturated carbocycles. The lowest BCUT2D eigenvalue weighted by molar-refractivity contribution is 0.0998. The molecule has 5 rings (SSSR count). The van der Waals surface area contributed by atoms with Crippen molar-refractivity contribution in [3.05, 3.63) is 99.8 Å². The number of fused-ring (bicyclic) bond motifs is 2. The van der Waals surface area contributed by atoms with Crippen LogP contribution in [0.4, 0.5) is 5.69 Å². The van der Waals surface area contributed by atoms with E-state index in [1.54, 1.807) is 6.08 Å². The van der Waals surface area contributed by atoms with Gasteiger partial charge in [-0.1, -0.05) is 47.2 Å². The number of hydrogen-bond acceptors (Lipinski definition) is 4. The van der Waals surface area contributed by atoms with Gasteiger partial charge in [0.05, 0.1) is 20.8 Å². The first-order valence-electron chi connectivity index (χ1n) is 11.5. The Morgan fingerprint density at radius 2 is 1.89 bits per heavy atom. The minimum absolute atomic E-state index is 0.143. The molecule has 0 atom stereocenters. The summed E-state index contributed by atoms with van der Waals surface area (Å²) >= 11 is 7.72. The lowest BCUT2D eigenvalue weighted by Crippen LogP contribution is -2.35. The highest BCUT2D eigenvalue weighted by Gasteiger charge is 2.29. The molecule has 0 spiro atoms. The van der Waals surface area contributed by atoms with Gasteiger partial charge in [-0.2, -0.15) is 4.99 Å². The van der Waals surface area contributed by atoms with Crippen molar-refractivity contribution in [2.45, 2.75) is 31.2 Å². The average molecular weight is 538 g/mol. The van der Waals surface area contributed by atoms with Crippen molar-refractivity contribution in [3.8, 4) is 0 Å². The standard InChI is InChI=1S/C27H24ClN3O3S2/c1-3-16-30-25-18(2)22(28)14-15-24(25)35-27(30)29-26(32)20-10-12-21(13-11-20)36(33,34)31-17-6-8-19-7-4-5-9-23(19)31/h3-5,7,9-15H,1,6,8,16-17H2,2H3. The largest absolute Gasteiger partial charge is 0.312 e. The molecule has 0 fully saturated rings. The number of hydrogen-bond donors (Lipinski definition) is 0. The molecular formula is C27H24ClN3O3S2. The number of halogens is 1. The molecule has 2 heterocycles. The van der Waals surface area contributed by atoms with E-state index in [2.05, 4.69) is 11.6 Å². The number of thiazole rings is 1. The predicted octanol–water partition coefficient (Wildman–Crippen LogP) is 5.73. The van der Waals surface area contributed by atoms with Gasteiger partial charge in [0, 0.05) is 23.7 Å². The van der Waals surface area contributed by atoms with Crippen molar-refractivity contribution in [3.63, 3.8) is 0 Å². The summed E-state index contributed by atoms with van der Waals surface area (Å²) < 4.78 is 31.1. The van der Waals surface area contributed by atoms with Gasteiger partial charge in [0.1, 0.15) is 0 Å². The summed E-state index contributed by atoms with van der Waals surface area (Å²) in [5.41, 5.74) is 3.87. The highest BCUT2D eigenvalue weighted by atomic mass is 35.5. The number of allylic oxidation sites excluding steroid dienone is 1. The number of amides is 1. The second-order valence-corrected chi connectivity index (χ2v) is 11.8. The Morgan fingerprint density at radius 3 is 2.64 bits per heavy atom. The fraction of sp³-hybridized carbons (Fsp3) is 0.185. The van der Waals surface area contributed by atoms with Crippen molar-refractivity contribution in [1.29, 1.82) is 0 Å². The number of anilines is 1. The normalized spacial score (nSPS) is 14.2. The zero-order valence-electron chi connectivity index (χ0n) is 19.6. The number of nitrogens with zero attached hydrogens (tertiary/aromatic N) is 3. The van der Waals surface area contributed by atoms with Crippen LogP contribution in [-0.4, -0.2) is 25.4 Å². The van der Waals surface area contributed by atoms with Gasteiger partial charge in [0.25, 0.3) is 15.9 Å². The van der Waals surface area contributed by atoms with Crippen molar-refractivity contribution in [2.24, 2.45) is 4.99 Å². The second-order valence-electron chi connectivity index (χ2n) is 8.55. The minimum Gasteiger partial charge on any atom is -0.312 e. The van der Waals surface area contributed by atoms with Crippen LogP contribution in [0.15, 0.2) is 83.2 Å². The molecule has 1 aliphatic heterocycles. The lowest BCUT2D eigenvalue weighted by Gasteiger charge is -2.30. The summed E-state index contributed by atoms with van der Waals surface area (Å²) in [7, 11) is -3.75. The maximum Gasteiger partial charge on any atom is 0.279 e. The van der Waals surface area contributed by atoms with Gasteiger partial charge in [-0.25, -0.2) is 8.42 Å². The molecule has 184 valence electrons. The highest BCUT2D eigenvalue weighted by molar-refractivity contribution is 7.92. The van der Waals surface area contributed by atoms with E-state index in [1.807, 2.05) is 47.9 Å². The first-order valence-corrected chi connectivity index (χ1v) is 14.1. The topological polar surface area (TPSA) is 71.7 Å². The van der Waals surface area contributed by atoms with E-state index >= 15 is 0 Å². The summed E-state index contributed by atoms with van der Waals surface area (Å²) in [6.45, 7) is 6.65. The van der Waals surface area contributed by atoms with Crippen LogP contribution in [0.5, 0.6) is 0 Å². The Hall–Kier alpha value is -3.20. The molecular weight excluding hydrogens is 514 g/mol. The summed E-state index contributed by atoms with van der Waals surface area (Å²) in [6.07, 6.45) is 3.36. The van der Waals surface area contributed by atoms with Crippen molar-refractivity contribution in [1.82, 2.24) is 4.57 Å². The van der Waals surface area contributed by atoms with Gasteiger partial charge in [-0.3, -0.25) is 9.10 Å². The molecule has 6 nitrogen and oxygen atoms in total. The summed E-state index contributed by atoms with van der Waals surface area (Å²) in [5.74, 6) is -0.449. The molecule has 36 heavy (non-hydrogen) atoms. The zero-order chi connectivity index (χ0) is 25.4. The highest BCUT2D eigenvalue weighted by Crippen LogP contribution is 2.32. The van der Waals surface area contributed by atoms with Crippen molar-refractivity contribution >= 4 is 54.8 Å². The molecule has 0 N–H and O–H groups in total. The molecule has 1 aromatic heterocycles. The van der Waals surface area contributed by atoms with Gasteiger partial charge in [0.2, 0.25) is 0 Å². The number of aryl methyl sites for hydroxylation is 2. The maximum atomic E-state index is 13.4. The number of benzene rings is 3. The Morgan fingerprint density at radius 1 is 1.14 bits per heavy atom. The summed E-state index contributed by atoms with van der Waals surface area (Å²) in [6, 6.07) is 17.3. The van der Waals surface area contributed by atoms with Crippen LogP contribution in [0.3, 0.4) is 0 Å². The third-order valence-electron chi connectivity index (χ3n) is 6.30. The van der Waals surface area contributed by atoms with Crippen LogP contribution >= 0.6 is 22.9 Å². The van der Waals surface area contributed by atoms with Gasteiger partial charge >= 0.3 is 0 Å². The third kappa shape index (κ3) is 4.30. The molecule has 0 aliphatic carbocycles. The second kappa shape index (κ2) is 9.69. The smallest absolute Gasteiger partial charge is 0.279 e. The number of sulfonamides is 1.